The maximum atomic E-state index is 10.9. The molecule has 2 rings (SSSR count). The fourth-order valence-corrected chi connectivity index (χ4v) is 1.73. The Morgan fingerprint density at radius 1 is 1.24 bits per heavy atom. The van der Waals surface area contributed by atoms with Gasteiger partial charge in [0.2, 0.25) is 0 Å². The Morgan fingerprint density at radius 2 is 1.90 bits per heavy atom. The molecule has 0 aliphatic rings. The van der Waals surface area contributed by atoms with E-state index in [0.717, 1.165) is 5.56 Å². The van der Waals surface area contributed by atoms with E-state index in [0.29, 0.717) is 13.0 Å². The molecule has 0 radical (unpaired) electrons. The van der Waals surface area contributed by atoms with Crippen molar-refractivity contribution >= 4 is 17.5 Å². The molecule has 21 heavy (non-hydrogen) atoms. The van der Waals surface area contributed by atoms with Gasteiger partial charge in [0.05, 0.1) is 4.92 Å². The van der Waals surface area contributed by atoms with E-state index in [1.807, 2.05) is 0 Å². The van der Waals surface area contributed by atoms with Crippen LogP contribution >= 0.6 is 0 Å². The van der Waals surface area contributed by atoms with Crippen LogP contribution in [0.2, 0.25) is 0 Å². The van der Waals surface area contributed by atoms with Crippen LogP contribution in [-0.4, -0.2) is 32.5 Å². The molecule has 0 fully saturated rings. The second-order valence-electron chi connectivity index (χ2n) is 4.16. The quantitative estimate of drug-likeness (QED) is 0.613. The number of hydrogen-bond donors (Lipinski definition) is 2. The summed E-state index contributed by atoms with van der Waals surface area (Å²) in [6, 6.07) is 6.18. The van der Waals surface area contributed by atoms with Gasteiger partial charge in [0.1, 0.15) is 0 Å². The molecular formula is C13H12N4O4. The lowest BCUT2D eigenvalue weighted by Gasteiger charge is -2.07. The zero-order chi connectivity index (χ0) is 15.2. The first-order chi connectivity index (χ1) is 10.1. The van der Waals surface area contributed by atoms with E-state index in [1.165, 1.54) is 24.5 Å². The number of benzene rings is 1. The second kappa shape index (κ2) is 6.42. The number of non-ortho nitro benzene ring substituents is 1. The number of carboxylic acid groups (broad SMARTS) is 1. The average Bonchev–Trinajstić information content (AvgIpc) is 2.48. The summed E-state index contributed by atoms with van der Waals surface area (Å²) >= 11 is 0. The van der Waals surface area contributed by atoms with E-state index >= 15 is 0 Å². The maximum Gasteiger partial charge on any atom is 0.358 e. The minimum Gasteiger partial charge on any atom is -0.476 e. The Balaban J connectivity index is 1.95. The lowest BCUT2D eigenvalue weighted by Crippen LogP contribution is -2.12. The summed E-state index contributed by atoms with van der Waals surface area (Å²) in [4.78, 5) is 28.7. The molecule has 0 saturated heterocycles. The first-order valence-electron chi connectivity index (χ1n) is 6.09. The Morgan fingerprint density at radius 3 is 2.52 bits per heavy atom. The van der Waals surface area contributed by atoms with Gasteiger partial charge in [0.25, 0.3) is 5.69 Å². The summed E-state index contributed by atoms with van der Waals surface area (Å²) in [6.07, 6.45) is 3.29. The molecule has 1 aromatic heterocycles. The molecule has 2 N–H and O–H groups in total. The molecule has 1 heterocycles. The van der Waals surface area contributed by atoms with Crippen LogP contribution in [-0.2, 0) is 6.42 Å². The molecule has 8 heteroatoms. The van der Waals surface area contributed by atoms with Gasteiger partial charge in [-0.05, 0) is 12.0 Å². The van der Waals surface area contributed by atoms with Gasteiger partial charge in [-0.15, -0.1) is 0 Å². The highest BCUT2D eigenvalue weighted by atomic mass is 16.6. The molecule has 8 nitrogen and oxygen atoms in total. The number of aromatic nitrogens is 2. The van der Waals surface area contributed by atoms with Crippen molar-refractivity contribution in [3.8, 4) is 0 Å². The summed E-state index contributed by atoms with van der Waals surface area (Å²) in [5, 5.41) is 22.4. The number of nitrogens with zero attached hydrogens (tertiary/aromatic N) is 3. The van der Waals surface area contributed by atoms with Crippen molar-refractivity contribution in [1.82, 2.24) is 9.97 Å². The van der Waals surface area contributed by atoms with Gasteiger partial charge in [-0.3, -0.25) is 10.1 Å². The number of aromatic carboxylic acids is 1. The zero-order valence-corrected chi connectivity index (χ0v) is 10.9. The molecule has 0 aliphatic heterocycles. The minimum absolute atomic E-state index is 0.0359. The van der Waals surface area contributed by atoms with E-state index in [1.54, 1.807) is 12.1 Å². The lowest BCUT2D eigenvalue weighted by atomic mass is 10.1. The Bertz CT molecular complexity index is 657. The largest absolute Gasteiger partial charge is 0.476 e. The smallest absolute Gasteiger partial charge is 0.358 e. The third-order valence-corrected chi connectivity index (χ3v) is 2.75. The van der Waals surface area contributed by atoms with Crippen molar-refractivity contribution in [2.24, 2.45) is 0 Å². The van der Waals surface area contributed by atoms with Crippen molar-refractivity contribution in [2.45, 2.75) is 6.42 Å². The number of anilines is 1. The Labute approximate surface area is 119 Å². The van der Waals surface area contributed by atoms with E-state index in [-0.39, 0.29) is 17.2 Å². The van der Waals surface area contributed by atoms with Gasteiger partial charge in [0.15, 0.2) is 11.5 Å². The number of nitro benzene ring substituents is 1. The van der Waals surface area contributed by atoms with Gasteiger partial charge in [0, 0.05) is 31.1 Å². The monoisotopic (exact) mass is 288 g/mol. The molecule has 1 aromatic carbocycles. The molecule has 108 valence electrons. The summed E-state index contributed by atoms with van der Waals surface area (Å²) in [6.45, 7) is 0.441. The molecule has 0 unspecified atom stereocenters. The Hall–Kier alpha value is -3.03. The van der Waals surface area contributed by atoms with E-state index in [4.69, 9.17) is 5.11 Å². The normalized spacial score (nSPS) is 10.1. The number of hydrogen-bond acceptors (Lipinski definition) is 6. The fraction of sp³-hybridized carbons (Fsp3) is 0.154. The first-order valence-corrected chi connectivity index (χ1v) is 6.09. The van der Waals surface area contributed by atoms with Crippen LogP contribution in [0.4, 0.5) is 11.5 Å². The van der Waals surface area contributed by atoms with Crippen LogP contribution in [0.1, 0.15) is 16.1 Å². The molecule has 0 spiro atoms. The summed E-state index contributed by atoms with van der Waals surface area (Å²) in [5.41, 5.74) is 0.795. The van der Waals surface area contributed by atoms with Gasteiger partial charge in [-0.2, -0.15) is 0 Å². The topological polar surface area (TPSA) is 118 Å². The number of rotatable bonds is 6. The highest BCUT2D eigenvalue weighted by molar-refractivity contribution is 5.90. The molecule has 0 atom stereocenters. The van der Waals surface area contributed by atoms with Crippen LogP contribution in [0.5, 0.6) is 0 Å². The minimum atomic E-state index is -1.15. The van der Waals surface area contributed by atoms with Gasteiger partial charge in [-0.25, -0.2) is 14.8 Å². The van der Waals surface area contributed by atoms with Crippen molar-refractivity contribution in [2.75, 3.05) is 11.9 Å². The molecule has 0 aliphatic carbocycles. The number of carbonyl (C=O) groups is 1. The van der Waals surface area contributed by atoms with E-state index < -0.39 is 10.9 Å². The number of carboxylic acids is 1. The maximum absolute atomic E-state index is 10.9. The third-order valence-electron chi connectivity index (χ3n) is 2.75. The molecule has 0 amide bonds. The van der Waals surface area contributed by atoms with Crippen molar-refractivity contribution in [1.29, 1.82) is 0 Å². The van der Waals surface area contributed by atoms with E-state index in [9.17, 15) is 14.9 Å². The highest BCUT2D eigenvalue weighted by Crippen LogP contribution is 2.13. The van der Waals surface area contributed by atoms with Crippen LogP contribution in [0.3, 0.4) is 0 Å². The predicted molar refractivity (Wildman–Crippen MR) is 74.3 cm³/mol. The standard InChI is InChI=1S/C13H12N4O4/c18-13(19)11-12(16-8-7-14-11)15-6-5-9-1-3-10(4-2-9)17(20)21/h1-4,7-8H,5-6H2,(H,15,16)(H,18,19). The summed E-state index contributed by atoms with van der Waals surface area (Å²) < 4.78 is 0. The summed E-state index contributed by atoms with van der Waals surface area (Å²) in [7, 11) is 0. The number of nitrogens with one attached hydrogen (secondary N) is 1. The average molecular weight is 288 g/mol. The third kappa shape index (κ3) is 3.72. The van der Waals surface area contributed by atoms with Crippen LogP contribution in [0.15, 0.2) is 36.7 Å². The molecular weight excluding hydrogens is 276 g/mol. The SMILES string of the molecule is O=C(O)c1nccnc1NCCc1ccc([N+](=O)[O-])cc1. The van der Waals surface area contributed by atoms with Crippen LogP contribution < -0.4 is 5.32 Å². The lowest BCUT2D eigenvalue weighted by molar-refractivity contribution is -0.384. The van der Waals surface area contributed by atoms with Gasteiger partial charge >= 0.3 is 5.97 Å². The van der Waals surface area contributed by atoms with Gasteiger partial charge < -0.3 is 10.4 Å². The Kier molecular flexibility index (Phi) is 4.39. The van der Waals surface area contributed by atoms with Crippen molar-refractivity contribution < 1.29 is 14.8 Å². The van der Waals surface area contributed by atoms with Crippen LogP contribution in [0, 0.1) is 10.1 Å². The fourth-order valence-electron chi connectivity index (χ4n) is 1.73. The summed E-state index contributed by atoms with van der Waals surface area (Å²) in [5.74, 6) is -0.951. The predicted octanol–water partition coefficient (Wildman–Crippen LogP) is 1.74. The molecule has 0 saturated carbocycles. The second-order valence-corrected chi connectivity index (χ2v) is 4.16. The highest BCUT2D eigenvalue weighted by Gasteiger charge is 2.11. The molecule has 2 aromatic rings. The van der Waals surface area contributed by atoms with E-state index in [2.05, 4.69) is 15.3 Å². The first kappa shape index (κ1) is 14.4. The van der Waals surface area contributed by atoms with Crippen LogP contribution in [0.25, 0.3) is 0 Å². The zero-order valence-electron chi connectivity index (χ0n) is 10.9. The molecule has 0 bridgehead atoms. The van der Waals surface area contributed by atoms with Crippen molar-refractivity contribution in [3.63, 3.8) is 0 Å². The van der Waals surface area contributed by atoms with Crippen molar-refractivity contribution in [3.05, 3.63) is 58.0 Å². The number of nitro groups is 1. The van der Waals surface area contributed by atoms with Gasteiger partial charge in [-0.1, -0.05) is 12.1 Å².